The van der Waals surface area contributed by atoms with Crippen LogP contribution >= 0.6 is 0 Å². The maximum absolute atomic E-state index is 11.4. The van der Waals surface area contributed by atoms with E-state index < -0.39 is 5.97 Å². The molecule has 0 radical (unpaired) electrons. The molecule has 0 spiro atoms. The quantitative estimate of drug-likeness (QED) is 0.883. The summed E-state index contributed by atoms with van der Waals surface area (Å²) in [5, 5.41) is 9.32. The van der Waals surface area contributed by atoms with Gasteiger partial charge >= 0.3 is 5.97 Å². The summed E-state index contributed by atoms with van der Waals surface area (Å²) in [7, 11) is 0. The van der Waals surface area contributed by atoms with Crippen LogP contribution in [0.1, 0.15) is 33.1 Å². The molecular weight excluding hydrogens is 228 g/mol. The van der Waals surface area contributed by atoms with Crippen molar-refractivity contribution in [2.45, 2.75) is 27.7 Å². The van der Waals surface area contributed by atoms with E-state index in [0.29, 0.717) is 11.5 Å². The van der Waals surface area contributed by atoms with Crippen molar-refractivity contribution in [3.63, 3.8) is 0 Å². The van der Waals surface area contributed by atoms with Gasteiger partial charge in [-0.3, -0.25) is 4.57 Å². The number of aromatic carboxylic acids is 1. The van der Waals surface area contributed by atoms with Crippen molar-refractivity contribution in [2.24, 2.45) is 0 Å². The van der Waals surface area contributed by atoms with Crippen LogP contribution in [0.3, 0.4) is 0 Å². The van der Waals surface area contributed by atoms with Gasteiger partial charge in [0.05, 0.1) is 11.4 Å². The maximum Gasteiger partial charge on any atom is 0.354 e. The first-order chi connectivity index (χ1) is 8.43. The number of aryl methyl sites for hydroxylation is 3. The smallest absolute Gasteiger partial charge is 0.354 e. The van der Waals surface area contributed by atoms with Gasteiger partial charge < -0.3 is 5.11 Å². The van der Waals surface area contributed by atoms with E-state index in [-0.39, 0.29) is 5.69 Å². The molecule has 1 aromatic carbocycles. The fourth-order valence-corrected chi connectivity index (χ4v) is 2.19. The Morgan fingerprint density at radius 1 is 1.22 bits per heavy atom. The highest BCUT2D eigenvalue weighted by molar-refractivity contribution is 5.88. The van der Waals surface area contributed by atoms with E-state index in [9.17, 15) is 9.90 Å². The molecule has 0 saturated heterocycles. The third-order valence-electron chi connectivity index (χ3n) is 3.24. The standard InChI is InChI=1S/C14H16N2O2/c1-8-6-5-7-12(9(8)2)16-11(4)15-10(3)13(16)14(17)18/h5-7H,1-4H3,(H,17,18). The first-order valence-corrected chi connectivity index (χ1v) is 5.79. The van der Waals surface area contributed by atoms with Crippen molar-refractivity contribution in [3.05, 3.63) is 46.5 Å². The number of carboxylic acids is 1. The van der Waals surface area contributed by atoms with Crippen molar-refractivity contribution >= 4 is 5.97 Å². The molecule has 1 heterocycles. The molecule has 0 fully saturated rings. The minimum absolute atomic E-state index is 0.237. The molecule has 0 aliphatic heterocycles. The van der Waals surface area contributed by atoms with Crippen molar-refractivity contribution in [3.8, 4) is 5.69 Å². The van der Waals surface area contributed by atoms with Crippen molar-refractivity contribution in [2.75, 3.05) is 0 Å². The molecule has 1 N–H and O–H groups in total. The number of rotatable bonds is 2. The third-order valence-corrected chi connectivity index (χ3v) is 3.24. The Balaban J connectivity index is 2.79. The van der Waals surface area contributed by atoms with Crippen LogP contribution in [0.5, 0.6) is 0 Å². The molecule has 2 aromatic rings. The SMILES string of the molecule is Cc1cccc(-n2c(C)nc(C)c2C(=O)O)c1C. The predicted molar refractivity (Wildman–Crippen MR) is 69.5 cm³/mol. The lowest BCUT2D eigenvalue weighted by Gasteiger charge is -2.13. The Bertz CT molecular complexity index is 627. The highest BCUT2D eigenvalue weighted by atomic mass is 16.4. The summed E-state index contributed by atoms with van der Waals surface area (Å²) >= 11 is 0. The minimum Gasteiger partial charge on any atom is -0.477 e. The van der Waals surface area contributed by atoms with Gasteiger partial charge in [-0.1, -0.05) is 12.1 Å². The highest BCUT2D eigenvalue weighted by Gasteiger charge is 2.20. The lowest BCUT2D eigenvalue weighted by atomic mass is 10.1. The molecule has 1 aromatic heterocycles. The molecule has 4 nitrogen and oxygen atoms in total. The minimum atomic E-state index is -0.950. The monoisotopic (exact) mass is 244 g/mol. The molecule has 0 unspecified atom stereocenters. The van der Waals surface area contributed by atoms with Gasteiger partial charge in [0.1, 0.15) is 5.82 Å². The van der Waals surface area contributed by atoms with E-state index >= 15 is 0 Å². The second kappa shape index (κ2) is 4.29. The lowest BCUT2D eigenvalue weighted by molar-refractivity contribution is 0.0687. The summed E-state index contributed by atoms with van der Waals surface area (Å²) < 4.78 is 1.71. The van der Waals surface area contributed by atoms with Gasteiger partial charge in [0.25, 0.3) is 0 Å². The average Bonchev–Trinajstić information content (AvgIpc) is 2.57. The van der Waals surface area contributed by atoms with Crippen LogP contribution in [0.2, 0.25) is 0 Å². The second-order valence-electron chi connectivity index (χ2n) is 4.45. The van der Waals surface area contributed by atoms with E-state index in [1.165, 1.54) is 0 Å². The van der Waals surface area contributed by atoms with Gasteiger partial charge in [-0.25, -0.2) is 9.78 Å². The predicted octanol–water partition coefficient (Wildman–Crippen LogP) is 2.80. The van der Waals surface area contributed by atoms with Gasteiger partial charge in [-0.05, 0) is 44.9 Å². The van der Waals surface area contributed by atoms with Crippen LogP contribution in [-0.4, -0.2) is 20.6 Å². The first-order valence-electron chi connectivity index (χ1n) is 5.79. The van der Waals surface area contributed by atoms with Crippen molar-refractivity contribution in [1.82, 2.24) is 9.55 Å². The Morgan fingerprint density at radius 2 is 1.89 bits per heavy atom. The lowest BCUT2D eigenvalue weighted by Crippen LogP contribution is -2.10. The summed E-state index contributed by atoms with van der Waals surface area (Å²) in [6.07, 6.45) is 0. The van der Waals surface area contributed by atoms with Crippen LogP contribution in [0.25, 0.3) is 5.69 Å². The fourth-order valence-electron chi connectivity index (χ4n) is 2.19. The number of imidazole rings is 1. The number of benzene rings is 1. The van der Waals surface area contributed by atoms with Crippen molar-refractivity contribution in [1.29, 1.82) is 0 Å². The third kappa shape index (κ3) is 1.79. The van der Waals surface area contributed by atoms with E-state index in [2.05, 4.69) is 4.98 Å². The zero-order valence-electron chi connectivity index (χ0n) is 11.0. The molecule has 0 bridgehead atoms. The van der Waals surface area contributed by atoms with E-state index in [1.807, 2.05) is 39.0 Å². The molecule has 0 aliphatic rings. The first kappa shape index (κ1) is 12.4. The number of carbonyl (C=O) groups is 1. The molecule has 18 heavy (non-hydrogen) atoms. The summed E-state index contributed by atoms with van der Waals surface area (Å²) in [4.78, 5) is 15.6. The summed E-state index contributed by atoms with van der Waals surface area (Å²) in [5.74, 6) is -0.257. The zero-order valence-corrected chi connectivity index (χ0v) is 11.0. The molecule has 94 valence electrons. The molecule has 0 aliphatic carbocycles. The van der Waals surface area contributed by atoms with Crippen molar-refractivity contribution < 1.29 is 9.90 Å². The van der Waals surface area contributed by atoms with Gasteiger partial charge in [0.2, 0.25) is 0 Å². The Morgan fingerprint density at radius 3 is 2.50 bits per heavy atom. The maximum atomic E-state index is 11.4. The molecular formula is C14H16N2O2. The summed E-state index contributed by atoms with van der Waals surface area (Å²) in [6.45, 7) is 7.54. The number of hydrogen-bond acceptors (Lipinski definition) is 2. The molecule has 0 atom stereocenters. The molecule has 0 amide bonds. The Labute approximate surface area is 106 Å². The topological polar surface area (TPSA) is 55.1 Å². The molecule has 0 saturated carbocycles. The summed E-state index contributed by atoms with van der Waals surface area (Å²) in [5.41, 5.74) is 3.86. The Kier molecular flexibility index (Phi) is 2.95. The molecule has 2 rings (SSSR count). The van der Waals surface area contributed by atoms with Crippen LogP contribution in [0, 0.1) is 27.7 Å². The van der Waals surface area contributed by atoms with Crippen LogP contribution < -0.4 is 0 Å². The number of nitrogens with zero attached hydrogens (tertiary/aromatic N) is 2. The number of aromatic nitrogens is 2. The van der Waals surface area contributed by atoms with Crippen LogP contribution in [0.4, 0.5) is 0 Å². The number of carboxylic acid groups (broad SMARTS) is 1. The van der Waals surface area contributed by atoms with Gasteiger partial charge in [0.15, 0.2) is 5.69 Å². The highest BCUT2D eigenvalue weighted by Crippen LogP contribution is 2.23. The zero-order chi connectivity index (χ0) is 13.4. The van der Waals surface area contributed by atoms with Crippen LogP contribution in [-0.2, 0) is 0 Å². The van der Waals surface area contributed by atoms with Gasteiger partial charge in [-0.15, -0.1) is 0 Å². The average molecular weight is 244 g/mol. The second-order valence-corrected chi connectivity index (χ2v) is 4.45. The normalized spacial score (nSPS) is 10.7. The molecule has 4 heteroatoms. The van der Waals surface area contributed by atoms with Crippen LogP contribution in [0.15, 0.2) is 18.2 Å². The van der Waals surface area contributed by atoms with E-state index in [0.717, 1.165) is 16.8 Å². The fraction of sp³-hybridized carbons (Fsp3) is 0.286. The Hall–Kier alpha value is -2.10. The largest absolute Gasteiger partial charge is 0.477 e. The summed E-state index contributed by atoms with van der Waals surface area (Å²) in [6, 6.07) is 5.86. The van der Waals surface area contributed by atoms with E-state index in [1.54, 1.807) is 11.5 Å². The van der Waals surface area contributed by atoms with Gasteiger partial charge in [-0.2, -0.15) is 0 Å². The van der Waals surface area contributed by atoms with Gasteiger partial charge in [0, 0.05) is 0 Å². The number of hydrogen-bond donors (Lipinski definition) is 1. The van der Waals surface area contributed by atoms with E-state index in [4.69, 9.17) is 0 Å².